The number of hydrogen-bond acceptors (Lipinski definition) is 3. The maximum absolute atomic E-state index is 6.87. The van der Waals surface area contributed by atoms with Crippen LogP contribution in [0, 0.1) is 0 Å². The van der Waals surface area contributed by atoms with Crippen molar-refractivity contribution in [3.05, 3.63) is 221 Å². The van der Waals surface area contributed by atoms with E-state index in [0.717, 1.165) is 34.8 Å². The molecule has 7 aromatic carbocycles. The van der Waals surface area contributed by atoms with Crippen molar-refractivity contribution < 1.29 is 4.74 Å². The number of hydrogen-bond donors (Lipinski definition) is 2. The molecule has 2 N–H and O–H groups in total. The summed E-state index contributed by atoms with van der Waals surface area (Å²) in [5, 5.41) is 10.4. The molecule has 2 aliphatic carbocycles. The van der Waals surface area contributed by atoms with Crippen LogP contribution in [0.25, 0.3) is 55.9 Å². The van der Waals surface area contributed by atoms with E-state index in [0.29, 0.717) is 0 Å². The fourth-order valence-electron chi connectivity index (χ4n) is 8.81. The van der Waals surface area contributed by atoms with Crippen LogP contribution in [0.2, 0.25) is 0 Å². The first-order chi connectivity index (χ1) is 27.2. The zero-order valence-electron chi connectivity index (χ0n) is 30.2. The zero-order valence-corrected chi connectivity index (χ0v) is 30.2. The fraction of sp³-hybridized carbons (Fsp3) is 0.0769. The molecule has 3 atom stereocenters. The van der Waals surface area contributed by atoms with Gasteiger partial charge in [-0.25, -0.2) is 0 Å². The van der Waals surface area contributed by atoms with E-state index in [1.54, 1.807) is 0 Å². The van der Waals surface area contributed by atoms with Gasteiger partial charge in [0.15, 0.2) is 0 Å². The minimum absolute atomic E-state index is 0.0709. The first-order valence-corrected chi connectivity index (χ1v) is 19.2. The van der Waals surface area contributed by atoms with Gasteiger partial charge in [0.25, 0.3) is 0 Å². The molecule has 262 valence electrons. The molecule has 0 bridgehead atoms. The first kappa shape index (κ1) is 31.8. The van der Waals surface area contributed by atoms with Gasteiger partial charge in [-0.2, -0.15) is 0 Å². The number of rotatable bonds is 5. The summed E-state index contributed by atoms with van der Waals surface area (Å²) in [6, 6.07) is 57.3. The van der Waals surface area contributed by atoms with Crippen LogP contribution in [0.5, 0.6) is 5.75 Å². The Bertz CT molecular complexity index is 2750. The Morgan fingerprint density at radius 1 is 0.564 bits per heavy atom. The summed E-state index contributed by atoms with van der Waals surface area (Å²) >= 11 is 0. The predicted molar refractivity (Wildman–Crippen MR) is 226 cm³/mol. The molecule has 0 fully saturated rings. The first-order valence-electron chi connectivity index (χ1n) is 19.2. The van der Waals surface area contributed by atoms with Crippen LogP contribution in [0.4, 0.5) is 0 Å². The molecule has 3 nitrogen and oxygen atoms in total. The third-order valence-electron chi connectivity index (χ3n) is 11.7. The van der Waals surface area contributed by atoms with Gasteiger partial charge in [0.05, 0.1) is 6.04 Å². The van der Waals surface area contributed by atoms with Gasteiger partial charge in [0.2, 0.25) is 0 Å². The number of fused-ring (bicyclic) bond motifs is 6. The van der Waals surface area contributed by atoms with Crippen LogP contribution < -0.4 is 15.4 Å². The lowest BCUT2D eigenvalue weighted by molar-refractivity contribution is 0.430. The molecular formula is C52H38N2O. The van der Waals surface area contributed by atoms with E-state index >= 15 is 0 Å². The summed E-state index contributed by atoms with van der Waals surface area (Å²) < 4.78 is 6.87. The van der Waals surface area contributed by atoms with E-state index in [1.807, 2.05) is 0 Å². The van der Waals surface area contributed by atoms with Crippen molar-refractivity contribution in [2.45, 2.75) is 24.5 Å². The second-order valence-electron chi connectivity index (χ2n) is 15.0. The number of allylic oxidation sites excluding steroid dienone is 3. The Morgan fingerprint density at radius 3 is 2.15 bits per heavy atom. The fourth-order valence-corrected chi connectivity index (χ4v) is 8.81. The number of benzene rings is 7. The molecule has 7 aromatic rings. The SMILES string of the molecule is C1=CC2=C(c3cc(-c4ccc(-c5ccccc5)cc4)c4c(c3)C3Cc5ccccc5C=C3O4)NC(c3ccc(-c4ccc5ccccc5c4)cc3)NC2C=C1. The summed E-state index contributed by atoms with van der Waals surface area (Å²) in [5.41, 5.74) is 15.7. The molecule has 0 saturated carbocycles. The summed E-state index contributed by atoms with van der Waals surface area (Å²) in [5.74, 6) is 2.17. The Kier molecular flexibility index (Phi) is 7.53. The third kappa shape index (κ3) is 5.64. The molecule has 55 heavy (non-hydrogen) atoms. The Morgan fingerprint density at radius 2 is 1.27 bits per heavy atom. The molecule has 0 aromatic heterocycles. The number of ether oxygens (including phenoxy) is 1. The standard InChI is InChI=1S/C52H38N2O/c1-2-10-33(11-3-1)35-18-23-37(24-19-35)45-30-43(31-47-46-29-40-14-6-7-15-41(40)32-49(46)55-51(45)47)50-44-16-8-9-17-48(44)53-52(54-50)38-25-20-36(21-26-38)42-27-22-34-12-4-5-13-39(34)28-42/h1-28,30-32,46,48,52-54H,29H2. The smallest absolute Gasteiger partial charge is 0.138 e. The van der Waals surface area contributed by atoms with E-state index in [-0.39, 0.29) is 18.1 Å². The lowest BCUT2D eigenvalue weighted by Gasteiger charge is -2.36. The van der Waals surface area contributed by atoms with Crippen LogP contribution in [0.15, 0.2) is 193 Å². The van der Waals surface area contributed by atoms with Crippen LogP contribution in [-0.4, -0.2) is 6.04 Å². The maximum atomic E-state index is 6.87. The Labute approximate surface area is 321 Å². The van der Waals surface area contributed by atoms with Crippen molar-refractivity contribution in [2.75, 3.05) is 0 Å². The lowest BCUT2D eigenvalue weighted by atomic mass is 9.82. The van der Waals surface area contributed by atoms with Crippen molar-refractivity contribution in [1.82, 2.24) is 10.6 Å². The summed E-state index contributed by atoms with van der Waals surface area (Å²) in [6.45, 7) is 0. The average molecular weight is 707 g/mol. The van der Waals surface area contributed by atoms with Gasteiger partial charge >= 0.3 is 0 Å². The van der Waals surface area contributed by atoms with Crippen molar-refractivity contribution in [3.8, 4) is 39.1 Å². The molecule has 3 unspecified atom stereocenters. The highest BCUT2D eigenvalue weighted by Gasteiger charge is 2.37. The highest BCUT2D eigenvalue weighted by molar-refractivity contribution is 5.88. The van der Waals surface area contributed by atoms with Crippen molar-refractivity contribution >= 4 is 22.5 Å². The van der Waals surface area contributed by atoms with Crippen molar-refractivity contribution in [3.63, 3.8) is 0 Å². The van der Waals surface area contributed by atoms with Gasteiger partial charge in [-0.05, 0) is 97.1 Å². The van der Waals surface area contributed by atoms with E-state index in [1.165, 1.54) is 66.4 Å². The molecule has 2 aliphatic heterocycles. The Balaban J connectivity index is 0.996. The van der Waals surface area contributed by atoms with Crippen molar-refractivity contribution in [1.29, 1.82) is 0 Å². The molecule has 0 saturated heterocycles. The third-order valence-corrected chi connectivity index (χ3v) is 11.7. The molecular weight excluding hydrogens is 669 g/mol. The normalized spacial score (nSPS) is 19.1. The van der Waals surface area contributed by atoms with Gasteiger partial charge in [0, 0.05) is 22.7 Å². The maximum Gasteiger partial charge on any atom is 0.138 e. The van der Waals surface area contributed by atoms with Crippen LogP contribution in [0.3, 0.4) is 0 Å². The molecule has 2 heterocycles. The van der Waals surface area contributed by atoms with Crippen LogP contribution >= 0.6 is 0 Å². The second-order valence-corrected chi connectivity index (χ2v) is 15.0. The molecule has 3 heteroatoms. The topological polar surface area (TPSA) is 33.3 Å². The summed E-state index contributed by atoms with van der Waals surface area (Å²) in [4.78, 5) is 0. The van der Waals surface area contributed by atoms with Gasteiger partial charge in [-0.15, -0.1) is 0 Å². The second kappa shape index (κ2) is 13.0. The quantitative estimate of drug-likeness (QED) is 0.187. The van der Waals surface area contributed by atoms with E-state index < -0.39 is 0 Å². The van der Waals surface area contributed by atoms with Gasteiger partial charge in [-0.1, -0.05) is 164 Å². The Hall–Kier alpha value is -6.68. The van der Waals surface area contributed by atoms with E-state index in [9.17, 15) is 0 Å². The van der Waals surface area contributed by atoms with Crippen LogP contribution in [-0.2, 0) is 6.42 Å². The average Bonchev–Trinajstić information content (AvgIpc) is 3.62. The summed E-state index contributed by atoms with van der Waals surface area (Å²) in [7, 11) is 0. The number of nitrogens with one attached hydrogen (secondary N) is 2. The van der Waals surface area contributed by atoms with E-state index in [2.05, 4.69) is 199 Å². The lowest BCUT2D eigenvalue weighted by Crippen LogP contribution is -2.45. The summed E-state index contributed by atoms with van der Waals surface area (Å²) in [6.07, 6.45) is 11.9. The highest BCUT2D eigenvalue weighted by atomic mass is 16.5. The van der Waals surface area contributed by atoms with Gasteiger partial charge in [0.1, 0.15) is 17.7 Å². The highest BCUT2D eigenvalue weighted by Crippen LogP contribution is 2.52. The predicted octanol–water partition coefficient (Wildman–Crippen LogP) is 12.0. The monoisotopic (exact) mass is 706 g/mol. The molecule has 0 radical (unpaired) electrons. The minimum atomic E-state index is -0.0827. The van der Waals surface area contributed by atoms with Gasteiger partial charge < -0.3 is 10.1 Å². The van der Waals surface area contributed by atoms with E-state index in [4.69, 9.17) is 4.74 Å². The minimum Gasteiger partial charge on any atom is -0.460 e. The van der Waals surface area contributed by atoms with Crippen molar-refractivity contribution in [2.24, 2.45) is 0 Å². The van der Waals surface area contributed by atoms with Crippen LogP contribution in [0.1, 0.15) is 39.9 Å². The van der Waals surface area contributed by atoms with Gasteiger partial charge in [-0.3, -0.25) is 5.32 Å². The molecule has 0 amide bonds. The molecule has 0 spiro atoms. The zero-order chi connectivity index (χ0) is 36.3. The molecule has 11 rings (SSSR count). The molecule has 4 aliphatic rings. The largest absolute Gasteiger partial charge is 0.460 e.